The van der Waals surface area contributed by atoms with Gasteiger partial charge >= 0.3 is 0 Å². The second kappa shape index (κ2) is 7.33. The van der Waals surface area contributed by atoms with Gasteiger partial charge in [0, 0.05) is 30.6 Å². The third kappa shape index (κ3) is 3.13. The zero-order chi connectivity index (χ0) is 14.5. The summed E-state index contributed by atoms with van der Waals surface area (Å²) in [5.74, 6) is 3.25. The number of aromatic nitrogens is 2. The van der Waals surface area contributed by atoms with Crippen LogP contribution in [-0.4, -0.2) is 60.0 Å². The molecule has 0 aliphatic carbocycles. The van der Waals surface area contributed by atoms with Crippen molar-refractivity contribution in [2.75, 3.05) is 39.3 Å². The first-order valence-electron chi connectivity index (χ1n) is 7.27. The minimum absolute atomic E-state index is 0.247. The maximum absolute atomic E-state index is 5.53. The van der Waals surface area contributed by atoms with E-state index < -0.39 is 0 Å². The summed E-state index contributed by atoms with van der Waals surface area (Å²) < 4.78 is 7.62. The lowest BCUT2D eigenvalue weighted by atomic mass is 10.0. The molecule has 5 nitrogen and oxygen atoms in total. The van der Waals surface area contributed by atoms with Crippen molar-refractivity contribution in [1.29, 1.82) is 0 Å². The maximum Gasteiger partial charge on any atom is 0.161 e. The van der Waals surface area contributed by atoms with Crippen LogP contribution in [0.15, 0.2) is 6.20 Å². The van der Waals surface area contributed by atoms with Gasteiger partial charge in [-0.15, -0.1) is 0 Å². The third-order valence-corrected chi connectivity index (χ3v) is 4.98. The molecule has 1 aliphatic rings. The number of nitrogens with zero attached hydrogens (tertiary/aromatic N) is 3. The van der Waals surface area contributed by atoms with Gasteiger partial charge in [-0.05, 0) is 20.5 Å². The highest BCUT2D eigenvalue weighted by Crippen LogP contribution is 2.32. The highest BCUT2D eigenvalue weighted by atomic mass is 32.2. The van der Waals surface area contributed by atoms with Crippen LogP contribution in [0.3, 0.4) is 0 Å². The van der Waals surface area contributed by atoms with Gasteiger partial charge in [0.15, 0.2) is 5.75 Å². The number of aryl methyl sites for hydroxylation is 1. The SMILES string of the molecule is CCCn1ncc(OC)c1C(NC)C1CSCCN1C. The molecule has 1 N–H and O–H groups in total. The molecule has 1 aromatic heterocycles. The lowest BCUT2D eigenvalue weighted by molar-refractivity contribution is 0.212. The summed E-state index contributed by atoms with van der Waals surface area (Å²) in [6, 6.07) is 0.719. The van der Waals surface area contributed by atoms with E-state index in [1.807, 2.05) is 25.0 Å². The van der Waals surface area contributed by atoms with Gasteiger partial charge in [0.05, 0.1) is 25.0 Å². The summed E-state index contributed by atoms with van der Waals surface area (Å²) in [5.41, 5.74) is 1.18. The van der Waals surface area contributed by atoms with Gasteiger partial charge in [-0.2, -0.15) is 16.9 Å². The molecular formula is C14H26N4OS. The largest absolute Gasteiger partial charge is 0.493 e. The predicted octanol–water partition coefficient (Wildman–Crippen LogP) is 1.61. The first kappa shape index (κ1) is 15.7. The first-order chi connectivity index (χ1) is 9.72. The van der Waals surface area contributed by atoms with Crippen LogP contribution in [0.4, 0.5) is 0 Å². The number of nitrogens with one attached hydrogen (secondary N) is 1. The molecule has 2 atom stereocenters. The highest BCUT2D eigenvalue weighted by Gasteiger charge is 2.32. The van der Waals surface area contributed by atoms with Crippen molar-refractivity contribution < 1.29 is 4.74 Å². The molecule has 0 amide bonds. The number of likely N-dealkylation sites (N-methyl/N-ethyl adjacent to an activating group) is 2. The van der Waals surface area contributed by atoms with Gasteiger partial charge in [-0.25, -0.2) is 0 Å². The molecule has 1 fully saturated rings. The van der Waals surface area contributed by atoms with E-state index in [0.717, 1.165) is 31.0 Å². The summed E-state index contributed by atoms with van der Waals surface area (Å²) in [5, 5.41) is 7.97. The fourth-order valence-corrected chi connectivity index (χ4v) is 4.08. The van der Waals surface area contributed by atoms with E-state index in [1.165, 1.54) is 11.4 Å². The summed E-state index contributed by atoms with van der Waals surface area (Å²) in [6.45, 7) is 4.24. The highest BCUT2D eigenvalue weighted by molar-refractivity contribution is 7.99. The lowest BCUT2D eigenvalue weighted by Crippen LogP contribution is -2.47. The minimum atomic E-state index is 0.247. The van der Waals surface area contributed by atoms with E-state index in [9.17, 15) is 0 Å². The Balaban J connectivity index is 2.31. The Morgan fingerprint density at radius 2 is 2.40 bits per heavy atom. The lowest BCUT2D eigenvalue weighted by Gasteiger charge is -2.38. The smallest absolute Gasteiger partial charge is 0.161 e. The number of hydrogen-bond donors (Lipinski definition) is 1. The Hall–Kier alpha value is -0.720. The molecule has 1 aromatic rings. The van der Waals surface area contributed by atoms with E-state index in [2.05, 4.69) is 34.0 Å². The van der Waals surface area contributed by atoms with Crippen LogP contribution < -0.4 is 10.1 Å². The Labute approximate surface area is 126 Å². The van der Waals surface area contributed by atoms with E-state index in [-0.39, 0.29) is 6.04 Å². The van der Waals surface area contributed by atoms with Crippen LogP contribution in [0.5, 0.6) is 5.75 Å². The zero-order valence-corrected chi connectivity index (χ0v) is 13.7. The van der Waals surface area contributed by atoms with Crippen LogP contribution >= 0.6 is 11.8 Å². The Morgan fingerprint density at radius 1 is 1.60 bits per heavy atom. The summed E-state index contributed by atoms with van der Waals surface area (Å²) in [7, 11) is 5.96. The molecule has 2 heterocycles. The standard InChI is InChI=1S/C14H26N4OS/c1-5-6-18-14(12(19-4)9-16-18)13(15-2)11-10-20-8-7-17(11)3/h9,11,13,15H,5-8,10H2,1-4H3. The van der Waals surface area contributed by atoms with Crippen molar-refractivity contribution in [2.24, 2.45) is 0 Å². The van der Waals surface area contributed by atoms with Crippen LogP contribution in [-0.2, 0) is 6.54 Å². The quantitative estimate of drug-likeness (QED) is 0.864. The van der Waals surface area contributed by atoms with E-state index in [4.69, 9.17) is 4.74 Å². The Bertz CT molecular complexity index is 423. The normalized spacial score (nSPS) is 21.9. The summed E-state index contributed by atoms with van der Waals surface area (Å²) in [6.07, 6.45) is 2.91. The second-order valence-electron chi connectivity index (χ2n) is 5.21. The van der Waals surface area contributed by atoms with Gasteiger partial charge in [-0.1, -0.05) is 6.92 Å². The molecule has 0 spiro atoms. The number of rotatable bonds is 6. The Morgan fingerprint density at radius 3 is 3.00 bits per heavy atom. The number of ether oxygens (including phenoxy) is 1. The van der Waals surface area contributed by atoms with Gasteiger partial charge in [0.1, 0.15) is 0 Å². The topological polar surface area (TPSA) is 42.3 Å². The average Bonchev–Trinajstić information content (AvgIpc) is 2.85. The zero-order valence-electron chi connectivity index (χ0n) is 12.9. The molecule has 1 saturated heterocycles. The summed E-state index contributed by atoms with van der Waals surface area (Å²) >= 11 is 2.03. The van der Waals surface area contributed by atoms with Crippen molar-refractivity contribution in [3.63, 3.8) is 0 Å². The van der Waals surface area contributed by atoms with Crippen molar-refractivity contribution in [2.45, 2.75) is 32.0 Å². The van der Waals surface area contributed by atoms with Crippen LogP contribution in [0.25, 0.3) is 0 Å². The number of thioether (sulfide) groups is 1. The maximum atomic E-state index is 5.53. The number of methoxy groups -OCH3 is 1. The van der Waals surface area contributed by atoms with Gasteiger partial charge < -0.3 is 10.1 Å². The average molecular weight is 298 g/mol. The molecule has 2 rings (SSSR count). The molecule has 0 bridgehead atoms. The predicted molar refractivity (Wildman–Crippen MR) is 84.6 cm³/mol. The molecule has 2 unspecified atom stereocenters. The van der Waals surface area contributed by atoms with Crippen molar-refractivity contribution in [3.8, 4) is 5.75 Å². The molecule has 20 heavy (non-hydrogen) atoms. The number of hydrogen-bond acceptors (Lipinski definition) is 5. The van der Waals surface area contributed by atoms with Crippen molar-refractivity contribution in [3.05, 3.63) is 11.9 Å². The van der Waals surface area contributed by atoms with Crippen molar-refractivity contribution >= 4 is 11.8 Å². The van der Waals surface area contributed by atoms with Crippen molar-refractivity contribution in [1.82, 2.24) is 20.0 Å². The second-order valence-corrected chi connectivity index (χ2v) is 6.36. The van der Waals surface area contributed by atoms with Gasteiger partial charge in [0.25, 0.3) is 0 Å². The van der Waals surface area contributed by atoms with Crippen LogP contribution in [0.2, 0.25) is 0 Å². The summed E-state index contributed by atoms with van der Waals surface area (Å²) in [4.78, 5) is 2.44. The van der Waals surface area contributed by atoms with Crippen LogP contribution in [0, 0.1) is 0 Å². The fourth-order valence-electron chi connectivity index (χ4n) is 2.81. The molecule has 0 aromatic carbocycles. The fraction of sp³-hybridized carbons (Fsp3) is 0.786. The molecular weight excluding hydrogens is 272 g/mol. The molecule has 0 radical (unpaired) electrons. The van der Waals surface area contributed by atoms with E-state index in [1.54, 1.807) is 7.11 Å². The molecule has 0 saturated carbocycles. The van der Waals surface area contributed by atoms with E-state index in [0.29, 0.717) is 6.04 Å². The monoisotopic (exact) mass is 298 g/mol. The molecule has 1 aliphatic heterocycles. The van der Waals surface area contributed by atoms with Crippen LogP contribution in [0.1, 0.15) is 25.1 Å². The van der Waals surface area contributed by atoms with Gasteiger partial charge in [-0.3, -0.25) is 9.58 Å². The molecule has 114 valence electrons. The Kier molecular flexibility index (Phi) is 5.74. The van der Waals surface area contributed by atoms with E-state index >= 15 is 0 Å². The first-order valence-corrected chi connectivity index (χ1v) is 8.43. The third-order valence-electron chi connectivity index (χ3n) is 3.93. The molecule has 6 heteroatoms. The minimum Gasteiger partial charge on any atom is -0.493 e. The van der Waals surface area contributed by atoms with Gasteiger partial charge in [0.2, 0.25) is 0 Å².